The topological polar surface area (TPSA) is 192 Å². The lowest BCUT2D eigenvalue weighted by molar-refractivity contribution is 0.273. The van der Waals surface area contributed by atoms with Gasteiger partial charge < -0.3 is 43.5 Å². The molecule has 0 aliphatic rings. The number of rotatable bonds is 16. The number of alkyl halides is 1. The first-order valence-corrected chi connectivity index (χ1v) is 27.6. The fourth-order valence-corrected chi connectivity index (χ4v) is 6.56. The van der Waals surface area contributed by atoms with Crippen molar-refractivity contribution in [3.8, 4) is 28.7 Å². The highest BCUT2D eigenvalue weighted by molar-refractivity contribution is 6.73. The fraction of sp³-hybridized carbons (Fsp3) is 0.468. The minimum absolute atomic E-state index is 0.00854. The Labute approximate surface area is 400 Å². The van der Waals surface area contributed by atoms with E-state index in [1.807, 2.05) is 38.3 Å². The lowest BCUT2D eigenvalue weighted by Crippen LogP contribution is -2.39. The van der Waals surface area contributed by atoms with E-state index in [4.69, 9.17) is 36.0 Å². The molecule has 0 aliphatic heterocycles. The lowest BCUT2D eigenvalue weighted by Gasteiger charge is -2.35. The number of hydrogen-bond acceptors (Lipinski definition) is 14. The second-order valence-corrected chi connectivity index (χ2v) is 26.3. The highest BCUT2D eigenvalue weighted by Gasteiger charge is 2.38. The molecule has 0 aromatic carbocycles. The van der Waals surface area contributed by atoms with Gasteiger partial charge in [0.05, 0.1) is 84.1 Å². The van der Waals surface area contributed by atoms with E-state index in [-0.39, 0.29) is 46.4 Å². The molecule has 372 valence electrons. The van der Waals surface area contributed by atoms with Crippen molar-refractivity contribution >= 4 is 28.2 Å². The van der Waals surface area contributed by atoms with Crippen molar-refractivity contribution < 1.29 is 56.7 Å². The molecular weight excluding hydrogens is 927 g/mol. The van der Waals surface area contributed by atoms with Gasteiger partial charge in [0.15, 0.2) is 33.9 Å². The summed E-state index contributed by atoms with van der Waals surface area (Å²) in [5, 5.41) is 17.0. The number of methoxy groups -OCH3 is 5. The summed E-state index contributed by atoms with van der Waals surface area (Å²) >= 11 is 5.42. The number of aliphatic hydroxyl groups is 2. The quantitative estimate of drug-likeness (QED) is 0.0415. The van der Waals surface area contributed by atoms with Gasteiger partial charge in [-0.15, -0.1) is 11.6 Å². The van der Waals surface area contributed by atoms with E-state index in [0.29, 0.717) is 34.9 Å². The summed E-state index contributed by atoms with van der Waals surface area (Å²) in [5.74, 6) is 0.192. The summed E-state index contributed by atoms with van der Waals surface area (Å²) in [5.41, 5.74) is 3.20. The Bertz CT molecular complexity index is 2110. The van der Waals surface area contributed by atoms with E-state index >= 15 is 0 Å². The molecule has 0 bridgehead atoms. The van der Waals surface area contributed by atoms with E-state index in [1.54, 1.807) is 56.9 Å². The Hall–Kier alpha value is -4.90. The van der Waals surface area contributed by atoms with Gasteiger partial charge in [0.1, 0.15) is 11.5 Å². The maximum Gasteiger partial charge on any atom is 0.255 e. The van der Waals surface area contributed by atoms with Crippen molar-refractivity contribution in [2.24, 2.45) is 0 Å². The zero-order chi connectivity index (χ0) is 51.0. The monoisotopic (exact) mass is 995 g/mol. The van der Waals surface area contributed by atoms with E-state index in [2.05, 4.69) is 62.1 Å². The second kappa shape index (κ2) is 29.1. The van der Waals surface area contributed by atoms with Gasteiger partial charge in [0.2, 0.25) is 0 Å². The summed E-state index contributed by atoms with van der Waals surface area (Å²) in [6.45, 7) is 15.9. The Morgan fingerprint density at radius 1 is 0.493 bits per heavy atom. The molecule has 0 saturated heterocycles. The summed E-state index contributed by atoms with van der Waals surface area (Å²) in [6, 6.07) is 16.8. The van der Waals surface area contributed by atoms with Crippen molar-refractivity contribution in [3.05, 3.63) is 119 Å². The standard InChI is InChI=1S/C13H22FNO2Si.C13H23NO2Si.C7H7ClFNO.C7H8FNO2.C7H9NO2/c1-13(2,18(4,5)16)9-8-10-6-7-11(17-3)12(14)15-10;1-13(2,17(4,5)15)9-8-11-6-7-12(16-3)10-14-11;1-11-6-3-2-5(4-8)10-7(6)9;1-11-6-3-2-5(4-10)9-7(6)8;1-10-7-3-2-6(5-9)8-4-7/h6-7,16H,8-9H2,1-5H3;6-7,10,15H,8-9H2,1-5H3;2-3H,4H2,1H3;2-3,10H,4H2,1H3;2-4,9H,5H2,1H3. The Balaban J connectivity index is 0.000000427. The van der Waals surface area contributed by atoms with Crippen molar-refractivity contribution in [1.82, 2.24) is 24.9 Å². The molecule has 5 aromatic heterocycles. The summed E-state index contributed by atoms with van der Waals surface area (Å²) in [7, 11) is 3.06. The van der Waals surface area contributed by atoms with Gasteiger partial charge in [-0.3, -0.25) is 9.97 Å². The fourth-order valence-electron chi connectivity index (χ4n) is 4.93. The number of halogens is 4. The molecule has 67 heavy (non-hydrogen) atoms. The Morgan fingerprint density at radius 2 is 0.821 bits per heavy atom. The Kier molecular flexibility index (Phi) is 26.1. The average molecular weight is 997 g/mol. The minimum Gasteiger partial charge on any atom is -0.495 e. The van der Waals surface area contributed by atoms with Crippen LogP contribution in [0.3, 0.4) is 0 Å². The van der Waals surface area contributed by atoms with Crippen LogP contribution in [0.2, 0.25) is 36.3 Å². The van der Waals surface area contributed by atoms with Gasteiger partial charge >= 0.3 is 0 Å². The highest BCUT2D eigenvalue weighted by Crippen LogP contribution is 2.40. The van der Waals surface area contributed by atoms with E-state index in [1.165, 1.54) is 39.5 Å². The van der Waals surface area contributed by atoms with Crippen LogP contribution >= 0.6 is 11.6 Å². The molecule has 0 amide bonds. The predicted octanol–water partition coefficient (Wildman–Crippen LogP) is 9.41. The van der Waals surface area contributed by atoms with Crippen LogP contribution < -0.4 is 23.7 Å². The van der Waals surface area contributed by atoms with Crippen LogP contribution in [0, 0.1) is 17.8 Å². The molecule has 0 saturated carbocycles. The van der Waals surface area contributed by atoms with Gasteiger partial charge in [0, 0.05) is 11.4 Å². The molecule has 14 nitrogen and oxygen atoms in total. The van der Waals surface area contributed by atoms with Crippen LogP contribution in [-0.4, -0.2) is 96.9 Å². The van der Waals surface area contributed by atoms with Crippen LogP contribution in [0.25, 0.3) is 0 Å². The first-order valence-electron chi connectivity index (χ1n) is 21.1. The zero-order valence-electron chi connectivity index (χ0n) is 41.0. The van der Waals surface area contributed by atoms with Crippen LogP contribution in [0.5, 0.6) is 28.7 Å². The molecule has 0 spiro atoms. The molecule has 5 aromatic rings. The smallest absolute Gasteiger partial charge is 0.255 e. The lowest BCUT2D eigenvalue weighted by atomic mass is 10.0. The average Bonchev–Trinajstić information content (AvgIpc) is 3.30. The molecular formula is C47H69ClF3N5O9Si2. The summed E-state index contributed by atoms with van der Waals surface area (Å²) in [6.07, 6.45) is 6.62. The largest absolute Gasteiger partial charge is 0.495 e. The third kappa shape index (κ3) is 21.3. The highest BCUT2D eigenvalue weighted by atomic mass is 35.5. The molecule has 4 N–H and O–H groups in total. The van der Waals surface area contributed by atoms with Crippen LogP contribution in [0.1, 0.15) is 69.0 Å². The van der Waals surface area contributed by atoms with Crippen molar-refractivity contribution in [1.29, 1.82) is 0 Å². The molecule has 0 atom stereocenters. The molecule has 0 radical (unpaired) electrons. The zero-order valence-corrected chi connectivity index (χ0v) is 43.7. The number of aryl methyl sites for hydroxylation is 2. The first-order chi connectivity index (χ1) is 31.3. The van der Waals surface area contributed by atoms with E-state index < -0.39 is 34.5 Å². The molecule has 5 rings (SSSR count). The number of hydrogen-bond donors (Lipinski definition) is 4. The van der Waals surface area contributed by atoms with Gasteiger partial charge in [-0.05, 0) is 123 Å². The maximum atomic E-state index is 13.4. The van der Waals surface area contributed by atoms with E-state index in [9.17, 15) is 22.8 Å². The first kappa shape index (κ1) is 60.1. The normalized spacial score (nSPS) is 11.2. The Morgan fingerprint density at radius 3 is 1.13 bits per heavy atom. The second-order valence-electron chi connectivity index (χ2n) is 17.1. The van der Waals surface area contributed by atoms with Crippen LogP contribution in [-0.2, 0) is 31.9 Å². The maximum absolute atomic E-state index is 13.4. The SMILES string of the molecule is COc1ccc(CCC(C)(C)[Si](C)(C)O)nc1.COc1ccc(CCC(C)(C)[Si](C)(C)O)nc1F.COc1ccc(CCl)nc1F.COc1ccc(CO)nc1.COc1ccc(CO)nc1F. The summed E-state index contributed by atoms with van der Waals surface area (Å²) in [4.78, 5) is 39.5. The number of aliphatic hydroxyl groups excluding tert-OH is 2. The molecule has 0 fully saturated rings. The van der Waals surface area contributed by atoms with Crippen LogP contribution in [0.15, 0.2) is 73.1 Å². The van der Waals surface area contributed by atoms with E-state index in [0.717, 1.165) is 30.7 Å². The van der Waals surface area contributed by atoms with Crippen molar-refractivity contribution in [2.45, 2.75) is 109 Å². The molecule has 0 unspecified atom stereocenters. The number of aromatic nitrogens is 5. The third-order valence-corrected chi connectivity index (χ3v) is 18.5. The van der Waals surface area contributed by atoms with Crippen molar-refractivity contribution in [3.63, 3.8) is 0 Å². The van der Waals surface area contributed by atoms with Crippen molar-refractivity contribution in [2.75, 3.05) is 35.5 Å². The number of nitrogens with zero attached hydrogens (tertiary/aromatic N) is 5. The predicted molar refractivity (Wildman–Crippen MR) is 259 cm³/mol. The van der Waals surface area contributed by atoms with Gasteiger partial charge in [-0.1, -0.05) is 27.7 Å². The van der Waals surface area contributed by atoms with Gasteiger partial charge in [-0.2, -0.15) is 13.2 Å². The molecule has 0 aliphatic carbocycles. The van der Waals surface area contributed by atoms with Crippen LogP contribution in [0.4, 0.5) is 13.2 Å². The molecule has 5 heterocycles. The number of ether oxygens (including phenoxy) is 5. The van der Waals surface area contributed by atoms with Gasteiger partial charge in [0.25, 0.3) is 17.8 Å². The summed E-state index contributed by atoms with van der Waals surface area (Å²) < 4.78 is 62.9. The third-order valence-electron chi connectivity index (χ3n) is 11.1. The van der Waals surface area contributed by atoms with Gasteiger partial charge in [-0.25, -0.2) is 15.0 Å². The minimum atomic E-state index is -2.22. The molecule has 20 heteroatoms. The number of pyridine rings is 5.